The van der Waals surface area contributed by atoms with Gasteiger partial charge < -0.3 is 14.8 Å². The van der Waals surface area contributed by atoms with Crippen molar-refractivity contribution in [2.24, 2.45) is 0 Å². The molecule has 0 saturated carbocycles. The van der Waals surface area contributed by atoms with Crippen LogP contribution in [0.2, 0.25) is 0 Å². The number of benzene rings is 3. The number of nitrogens with zero attached hydrogens (tertiary/aromatic N) is 2. The van der Waals surface area contributed by atoms with E-state index in [1.807, 2.05) is 6.92 Å². The van der Waals surface area contributed by atoms with Crippen LogP contribution in [0.5, 0.6) is 11.5 Å². The minimum Gasteiger partial charge on any atom is -0.494 e. The Hall–Kier alpha value is -4.64. The van der Waals surface area contributed by atoms with Crippen molar-refractivity contribution in [3.63, 3.8) is 0 Å². The molecule has 3 aromatic carbocycles. The van der Waals surface area contributed by atoms with Gasteiger partial charge in [0.2, 0.25) is 5.91 Å². The first-order chi connectivity index (χ1) is 18.3. The van der Waals surface area contributed by atoms with E-state index in [1.54, 1.807) is 66.7 Å². The predicted octanol–water partition coefficient (Wildman–Crippen LogP) is 5.25. The summed E-state index contributed by atoms with van der Waals surface area (Å²) < 4.78 is 11.1. The first-order valence-electron chi connectivity index (χ1n) is 11.6. The third-order valence-corrected chi connectivity index (χ3v) is 6.24. The van der Waals surface area contributed by atoms with Gasteiger partial charge in [-0.05, 0) is 72.3 Å². The summed E-state index contributed by atoms with van der Waals surface area (Å²) in [6.45, 7) is 2.15. The van der Waals surface area contributed by atoms with E-state index in [0.717, 1.165) is 16.7 Å². The van der Waals surface area contributed by atoms with Gasteiger partial charge in [-0.15, -0.1) is 0 Å². The second-order valence-electron chi connectivity index (χ2n) is 8.06. The average Bonchev–Trinajstić information content (AvgIpc) is 3.17. The Morgan fingerprint density at radius 1 is 1.03 bits per heavy atom. The number of amides is 3. The zero-order valence-electron chi connectivity index (χ0n) is 20.3. The van der Waals surface area contributed by atoms with Gasteiger partial charge in [0.25, 0.3) is 16.8 Å². The second-order valence-corrected chi connectivity index (χ2v) is 9.05. The molecule has 0 spiro atoms. The molecule has 1 heterocycles. The predicted molar refractivity (Wildman–Crippen MR) is 143 cm³/mol. The molecule has 4 rings (SSSR count). The molecule has 0 aliphatic carbocycles. The highest BCUT2D eigenvalue weighted by atomic mass is 32.2. The highest BCUT2D eigenvalue weighted by Crippen LogP contribution is 2.32. The highest BCUT2D eigenvalue weighted by Gasteiger charge is 2.36. The van der Waals surface area contributed by atoms with Crippen LogP contribution in [0.4, 0.5) is 16.2 Å². The van der Waals surface area contributed by atoms with Crippen molar-refractivity contribution in [2.75, 3.05) is 18.5 Å². The Morgan fingerprint density at radius 2 is 1.71 bits per heavy atom. The first-order valence-corrected chi connectivity index (χ1v) is 12.4. The highest BCUT2D eigenvalue weighted by molar-refractivity contribution is 8.18. The summed E-state index contributed by atoms with van der Waals surface area (Å²) in [5.74, 6) is 0.159. The van der Waals surface area contributed by atoms with Gasteiger partial charge in [-0.25, -0.2) is 0 Å². The van der Waals surface area contributed by atoms with Gasteiger partial charge in [0.05, 0.1) is 16.4 Å². The molecule has 0 aromatic heterocycles. The Bertz CT molecular complexity index is 1390. The van der Waals surface area contributed by atoms with Crippen molar-refractivity contribution in [3.05, 3.63) is 98.9 Å². The summed E-state index contributed by atoms with van der Waals surface area (Å²) in [6.07, 6.45) is 1.57. The quantitative estimate of drug-likeness (QED) is 0.213. The molecule has 1 fully saturated rings. The third kappa shape index (κ3) is 6.77. The first kappa shape index (κ1) is 26.4. The van der Waals surface area contributed by atoms with Gasteiger partial charge in [0.1, 0.15) is 24.7 Å². The molecule has 0 radical (unpaired) electrons. The van der Waals surface area contributed by atoms with E-state index in [4.69, 9.17) is 9.47 Å². The SMILES string of the molecule is CCOc1ccc(NC(=O)CN2C(=O)S/C(=C/c3ccc(OCc4cccc([N+](=O)[O-])c4)cc3)C2=O)cc1. The number of nitro benzene ring substituents is 1. The Labute approximate surface area is 222 Å². The molecule has 0 bridgehead atoms. The maximum absolute atomic E-state index is 12.8. The number of imide groups is 1. The van der Waals surface area contributed by atoms with Crippen molar-refractivity contribution in [3.8, 4) is 11.5 Å². The van der Waals surface area contributed by atoms with Crippen LogP contribution in [-0.4, -0.2) is 40.0 Å². The van der Waals surface area contributed by atoms with Crippen molar-refractivity contribution < 1.29 is 28.8 Å². The van der Waals surface area contributed by atoms with E-state index >= 15 is 0 Å². The fourth-order valence-corrected chi connectivity index (χ4v) is 4.36. The lowest BCUT2D eigenvalue weighted by Gasteiger charge is -2.12. The molecule has 194 valence electrons. The fourth-order valence-electron chi connectivity index (χ4n) is 3.52. The Balaban J connectivity index is 1.33. The monoisotopic (exact) mass is 533 g/mol. The smallest absolute Gasteiger partial charge is 0.294 e. The number of ether oxygens (including phenoxy) is 2. The molecule has 10 nitrogen and oxygen atoms in total. The number of hydrogen-bond donors (Lipinski definition) is 1. The normalized spacial score (nSPS) is 14.0. The van der Waals surface area contributed by atoms with Crippen molar-refractivity contribution in [2.45, 2.75) is 13.5 Å². The maximum Gasteiger partial charge on any atom is 0.294 e. The summed E-state index contributed by atoms with van der Waals surface area (Å²) >= 11 is 0.763. The van der Waals surface area contributed by atoms with E-state index in [9.17, 15) is 24.5 Å². The molecular weight excluding hydrogens is 510 g/mol. The van der Waals surface area contributed by atoms with Crippen LogP contribution < -0.4 is 14.8 Å². The van der Waals surface area contributed by atoms with E-state index < -0.39 is 28.5 Å². The van der Waals surface area contributed by atoms with Crippen LogP contribution >= 0.6 is 11.8 Å². The van der Waals surface area contributed by atoms with Gasteiger partial charge >= 0.3 is 0 Å². The number of hydrogen-bond acceptors (Lipinski definition) is 8. The number of thioether (sulfide) groups is 1. The molecule has 1 aliphatic rings. The second kappa shape index (κ2) is 12.1. The van der Waals surface area contributed by atoms with Crippen LogP contribution in [-0.2, 0) is 16.2 Å². The van der Waals surface area contributed by atoms with Gasteiger partial charge in [-0.2, -0.15) is 0 Å². The topological polar surface area (TPSA) is 128 Å². The molecule has 11 heteroatoms. The molecule has 38 heavy (non-hydrogen) atoms. The summed E-state index contributed by atoms with van der Waals surface area (Å²) in [7, 11) is 0. The van der Waals surface area contributed by atoms with Crippen LogP contribution in [0, 0.1) is 10.1 Å². The lowest BCUT2D eigenvalue weighted by molar-refractivity contribution is -0.384. The molecule has 1 aliphatic heterocycles. The number of carbonyl (C=O) groups excluding carboxylic acids is 3. The van der Waals surface area contributed by atoms with Crippen LogP contribution in [0.15, 0.2) is 77.7 Å². The largest absolute Gasteiger partial charge is 0.494 e. The van der Waals surface area contributed by atoms with Gasteiger partial charge in [0, 0.05) is 17.8 Å². The number of nitro groups is 1. The third-order valence-electron chi connectivity index (χ3n) is 5.33. The zero-order valence-corrected chi connectivity index (χ0v) is 21.1. The number of non-ortho nitro benzene ring substituents is 1. The van der Waals surface area contributed by atoms with E-state index in [-0.39, 0.29) is 17.2 Å². The minimum absolute atomic E-state index is 0.0101. The van der Waals surface area contributed by atoms with Crippen LogP contribution in [0.1, 0.15) is 18.1 Å². The molecule has 1 N–H and O–H groups in total. The van der Waals surface area contributed by atoms with Gasteiger partial charge in [-0.3, -0.25) is 29.4 Å². The number of anilines is 1. The molecular formula is C27H23N3O7S. The van der Waals surface area contributed by atoms with E-state index in [0.29, 0.717) is 34.9 Å². The summed E-state index contributed by atoms with van der Waals surface area (Å²) in [6, 6.07) is 19.8. The molecule has 3 amide bonds. The summed E-state index contributed by atoms with van der Waals surface area (Å²) in [5, 5.41) is 13.1. The standard InChI is InChI=1S/C27H23N3O7S/c1-2-36-22-12-8-20(9-13-22)28-25(31)16-29-26(32)24(38-27(29)33)15-18-6-10-23(11-7-18)37-17-19-4-3-5-21(14-19)30(34)35/h3-15H,2,16-17H2,1H3,(H,28,31)/b24-15+. The van der Waals surface area contributed by atoms with Crippen LogP contribution in [0.3, 0.4) is 0 Å². The summed E-state index contributed by atoms with van der Waals surface area (Å²) in [4.78, 5) is 49.1. The van der Waals surface area contributed by atoms with Gasteiger partial charge in [0.15, 0.2) is 0 Å². The fraction of sp³-hybridized carbons (Fsp3) is 0.148. The zero-order chi connectivity index (χ0) is 27.1. The average molecular weight is 534 g/mol. The number of nitrogens with one attached hydrogen (secondary N) is 1. The molecule has 0 unspecified atom stereocenters. The van der Waals surface area contributed by atoms with Crippen molar-refractivity contribution in [1.82, 2.24) is 4.90 Å². The van der Waals surface area contributed by atoms with E-state index in [2.05, 4.69) is 5.32 Å². The Kier molecular flexibility index (Phi) is 8.39. The minimum atomic E-state index is -0.548. The van der Waals surface area contributed by atoms with Crippen LogP contribution in [0.25, 0.3) is 6.08 Å². The molecule has 1 saturated heterocycles. The number of carbonyl (C=O) groups is 3. The lowest BCUT2D eigenvalue weighted by Crippen LogP contribution is -2.36. The summed E-state index contributed by atoms with van der Waals surface area (Å²) in [5.41, 5.74) is 1.83. The van der Waals surface area contributed by atoms with E-state index in [1.165, 1.54) is 12.1 Å². The van der Waals surface area contributed by atoms with Crippen molar-refractivity contribution >= 4 is 46.3 Å². The molecule has 3 aromatic rings. The maximum atomic E-state index is 12.8. The van der Waals surface area contributed by atoms with Crippen molar-refractivity contribution in [1.29, 1.82) is 0 Å². The van der Waals surface area contributed by atoms with Gasteiger partial charge in [-0.1, -0.05) is 24.3 Å². The number of rotatable bonds is 10. The Morgan fingerprint density at radius 3 is 2.39 bits per heavy atom. The molecule has 0 atom stereocenters. The lowest BCUT2D eigenvalue weighted by atomic mass is 10.2.